The summed E-state index contributed by atoms with van der Waals surface area (Å²) in [7, 11) is 2.27. The predicted octanol–water partition coefficient (Wildman–Crippen LogP) is 3.07. The molecule has 3 aromatic carbocycles. The quantitative estimate of drug-likeness (QED) is 0.493. The molecule has 4 rings (SSSR count). The number of nitrogens with one attached hydrogen (secondary N) is 1. The molecular formula is C26H28N4O4S. The van der Waals surface area contributed by atoms with Gasteiger partial charge in [0.05, 0.1) is 14.2 Å². The van der Waals surface area contributed by atoms with Crippen LogP contribution in [0.3, 0.4) is 0 Å². The minimum atomic E-state index is -2.49. The van der Waals surface area contributed by atoms with E-state index >= 15 is 0 Å². The summed E-state index contributed by atoms with van der Waals surface area (Å²) in [5.41, 5.74) is 8.33. The van der Waals surface area contributed by atoms with Gasteiger partial charge in [-0.25, -0.2) is 9.20 Å². The Hall–Kier alpha value is -3.98. The second-order valence-corrected chi connectivity index (χ2v) is 10.6. The van der Waals surface area contributed by atoms with E-state index in [1.807, 2.05) is 48.5 Å². The van der Waals surface area contributed by atoms with Crippen LogP contribution in [-0.4, -0.2) is 54.4 Å². The summed E-state index contributed by atoms with van der Waals surface area (Å²) >= 11 is 0. The highest BCUT2D eigenvalue weighted by atomic mass is 32.2. The van der Waals surface area contributed by atoms with Gasteiger partial charge in [0.15, 0.2) is 11.5 Å². The Morgan fingerprint density at radius 3 is 2.23 bits per heavy atom. The molecule has 35 heavy (non-hydrogen) atoms. The molecule has 0 saturated carbocycles. The van der Waals surface area contributed by atoms with Gasteiger partial charge in [0.25, 0.3) is 5.91 Å². The van der Waals surface area contributed by atoms with Gasteiger partial charge in [-0.3, -0.25) is 9.69 Å². The fourth-order valence-electron chi connectivity index (χ4n) is 4.13. The van der Waals surface area contributed by atoms with Gasteiger partial charge in [-0.05, 0) is 58.5 Å². The monoisotopic (exact) mass is 492 g/mol. The summed E-state index contributed by atoms with van der Waals surface area (Å²) in [4.78, 5) is 19.6. The van der Waals surface area contributed by atoms with E-state index in [1.165, 1.54) is 11.2 Å². The normalized spacial score (nSPS) is 19.1. The molecule has 1 aliphatic heterocycles. The maximum Gasteiger partial charge on any atom is 0.266 e. The lowest BCUT2D eigenvalue weighted by Crippen LogP contribution is -2.41. The van der Waals surface area contributed by atoms with E-state index < -0.39 is 15.2 Å². The highest BCUT2D eigenvalue weighted by Gasteiger charge is 2.49. The standard InChI is InChI=1S/C26H28N4O4S/c1-30-24(31)26(28-25(30)27,19-9-11-22(33-2)12-10-19)20-8-6-7-17(13-20)18-14-21(29-35(4,5)32)16-23(15-18)34-3/h6-16H,4H2,1-3,5H3,(H2,27,28)(H,29,32). The molecule has 0 radical (unpaired) electrons. The number of rotatable bonds is 7. The second-order valence-electron chi connectivity index (χ2n) is 8.41. The van der Waals surface area contributed by atoms with Gasteiger partial charge in [0.1, 0.15) is 11.5 Å². The topological polar surface area (TPSA) is 106 Å². The molecular weight excluding hydrogens is 464 g/mol. The van der Waals surface area contributed by atoms with E-state index in [9.17, 15) is 9.00 Å². The zero-order valence-corrected chi connectivity index (χ0v) is 20.9. The summed E-state index contributed by atoms with van der Waals surface area (Å²) in [6.45, 7) is 0. The smallest absolute Gasteiger partial charge is 0.266 e. The van der Waals surface area contributed by atoms with Crippen LogP contribution in [0.5, 0.6) is 11.5 Å². The SMILES string of the molecule is C=S(C)(=O)Nc1cc(OC)cc(-c2cccc(C3(c4ccc(OC)cc4)N=C(N)N(C)C3=O)c2)c1. The van der Waals surface area contributed by atoms with Crippen LogP contribution in [0.25, 0.3) is 11.1 Å². The number of carbonyl (C=O) groups excluding carboxylic acids is 1. The van der Waals surface area contributed by atoms with Crippen LogP contribution in [-0.2, 0) is 20.0 Å². The molecule has 182 valence electrons. The van der Waals surface area contributed by atoms with E-state index in [4.69, 9.17) is 15.2 Å². The highest BCUT2D eigenvalue weighted by molar-refractivity contribution is 8.00. The minimum Gasteiger partial charge on any atom is -0.497 e. The Labute approximate surface area is 205 Å². The van der Waals surface area contributed by atoms with Gasteiger partial charge >= 0.3 is 0 Å². The lowest BCUT2D eigenvalue weighted by atomic mass is 9.81. The van der Waals surface area contributed by atoms with Crippen molar-refractivity contribution >= 4 is 33.1 Å². The Morgan fingerprint density at radius 1 is 0.971 bits per heavy atom. The number of likely N-dealkylation sites (N-methyl/N-ethyl adjacent to an activating group) is 1. The number of benzene rings is 3. The molecule has 0 saturated heterocycles. The zero-order valence-electron chi connectivity index (χ0n) is 20.1. The van der Waals surface area contributed by atoms with Crippen molar-refractivity contribution in [3.63, 3.8) is 0 Å². The predicted molar refractivity (Wildman–Crippen MR) is 141 cm³/mol. The van der Waals surface area contributed by atoms with Crippen LogP contribution in [0.2, 0.25) is 0 Å². The number of methoxy groups -OCH3 is 2. The van der Waals surface area contributed by atoms with Gasteiger partial charge in [-0.2, -0.15) is 0 Å². The molecule has 1 amide bonds. The van der Waals surface area contributed by atoms with E-state index in [1.54, 1.807) is 39.5 Å². The first-order valence-corrected chi connectivity index (χ1v) is 12.9. The number of ether oxygens (including phenoxy) is 2. The van der Waals surface area contributed by atoms with Crippen molar-refractivity contribution in [1.82, 2.24) is 4.90 Å². The second kappa shape index (κ2) is 8.99. The first-order valence-electron chi connectivity index (χ1n) is 10.8. The minimum absolute atomic E-state index is 0.136. The molecule has 0 bridgehead atoms. The summed E-state index contributed by atoms with van der Waals surface area (Å²) in [6, 6.07) is 20.2. The number of hydrogen-bond acceptors (Lipinski definition) is 6. The molecule has 9 heteroatoms. The van der Waals surface area contributed by atoms with Crippen LogP contribution >= 0.6 is 0 Å². The molecule has 8 nitrogen and oxygen atoms in total. The number of nitrogens with zero attached hydrogens (tertiary/aromatic N) is 2. The number of aliphatic imine (C=N–C) groups is 1. The summed E-state index contributed by atoms with van der Waals surface area (Å²) in [5.74, 6) is 4.80. The van der Waals surface area contributed by atoms with E-state index in [2.05, 4.69) is 15.6 Å². The molecule has 2 atom stereocenters. The number of guanidine groups is 1. The fraction of sp³-hybridized carbons (Fsp3) is 0.192. The maximum atomic E-state index is 13.6. The zero-order chi connectivity index (χ0) is 25.4. The molecule has 0 aromatic heterocycles. The third kappa shape index (κ3) is 4.54. The molecule has 3 N–H and O–H groups in total. The van der Waals surface area contributed by atoms with Crippen molar-refractivity contribution in [1.29, 1.82) is 0 Å². The van der Waals surface area contributed by atoms with Crippen LogP contribution in [0, 0.1) is 0 Å². The number of nitrogens with two attached hydrogens (primary N) is 1. The molecule has 1 heterocycles. The number of amides is 1. The van der Waals surface area contributed by atoms with Crippen LogP contribution in [0.15, 0.2) is 71.7 Å². The lowest BCUT2D eigenvalue weighted by molar-refractivity contribution is -0.129. The van der Waals surface area contributed by atoms with Gasteiger partial charge < -0.3 is 19.9 Å². The Bertz CT molecular complexity index is 1420. The van der Waals surface area contributed by atoms with Crippen molar-refractivity contribution in [2.45, 2.75) is 5.54 Å². The third-order valence-electron chi connectivity index (χ3n) is 5.84. The molecule has 0 fully saturated rings. The maximum absolute atomic E-state index is 13.6. The Kier molecular flexibility index (Phi) is 6.21. The molecule has 1 aliphatic rings. The summed E-state index contributed by atoms with van der Waals surface area (Å²) < 4.78 is 25.9. The van der Waals surface area contributed by atoms with Gasteiger partial charge in [-0.1, -0.05) is 30.3 Å². The van der Waals surface area contributed by atoms with Crippen LogP contribution in [0.1, 0.15) is 11.1 Å². The molecule has 0 spiro atoms. The average molecular weight is 493 g/mol. The molecule has 2 unspecified atom stereocenters. The molecule has 0 aliphatic carbocycles. The van der Waals surface area contributed by atoms with Crippen LogP contribution < -0.4 is 19.9 Å². The summed E-state index contributed by atoms with van der Waals surface area (Å²) in [6.07, 6.45) is 1.52. The highest BCUT2D eigenvalue weighted by Crippen LogP contribution is 2.41. The van der Waals surface area contributed by atoms with Gasteiger partial charge in [0, 0.05) is 34.8 Å². The van der Waals surface area contributed by atoms with E-state index in [0.717, 1.165) is 11.1 Å². The van der Waals surface area contributed by atoms with Crippen molar-refractivity contribution < 1.29 is 18.5 Å². The van der Waals surface area contributed by atoms with Gasteiger partial charge in [0.2, 0.25) is 0 Å². The van der Waals surface area contributed by atoms with Crippen molar-refractivity contribution in [3.8, 4) is 22.6 Å². The van der Waals surface area contributed by atoms with Crippen LogP contribution in [0.4, 0.5) is 5.69 Å². The number of anilines is 1. The average Bonchev–Trinajstić information content (AvgIpc) is 3.07. The van der Waals surface area contributed by atoms with E-state index in [0.29, 0.717) is 28.3 Å². The fourth-order valence-corrected chi connectivity index (χ4v) is 4.75. The van der Waals surface area contributed by atoms with Crippen molar-refractivity contribution in [2.75, 3.05) is 32.2 Å². The van der Waals surface area contributed by atoms with E-state index in [-0.39, 0.29) is 11.9 Å². The molecule has 3 aromatic rings. The van der Waals surface area contributed by atoms with Gasteiger partial charge in [-0.15, -0.1) is 0 Å². The van der Waals surface area contributed by atoms with Crippen molar-refractivity contribution in [2.24, 2.45) is 10.7 Å². The Balaban J connectivity index is 1.89. The third-order valence-corrected chi connectivity index (χ3v) is 6.50. The number of hydrogen-bond donors (Lipinski definition) is 2. The lowest BCUT2D eigenvalue weighted by Gasteiger charge is -2.26. The first-order chi connectivity index (χ1) is 16.6. The number of carbonyl (C=O) groups is 1. The largest absolute Gasteiger partial charge is 0.497 e. The summed E-state index contributed by atoms with van der Waals surface area (Å²) in [5, 5.41) is 0. The first kappa shape index (κ1) is 24.2. The Morgan fingerprint density at radius 2 is 1.66 bits per heavy atom. The van der Waals surface area contributed by atoms with Crippen molar-refractivity contribution in [3.05, 3.63) is 77.9 Å².